The summed E-state index contributed by atoms with van der Waals surface area (Å²) in [6.45, 7) is 2.25. The van der Waals surface area contributed by atoms with Crippen LogP contribution in [0.15, 0.2) is 28.0 Å². The molecule has 0 aliphatic heterocycles. The molecule has 0 spiro atoms. The van der Waals surface area contributed by atoms with Gasteiger partial charge >= 0.3 is 0 Å². The van der Waals surface area contributed by atoms with Crippen molar-refractivity contribution in [3.05, 3.63) is 24.0 Å². The second-order valence-corrected chi connectivity index (χ2v) is 8.94. The summed E-state index contributed by atoms with van der Waals surface area (Å²) in [4.78, 5) is -0.854. The van der Waals surface area contributed by atoms with Gasteiger partial charge < -0.3 is 0 Å². The summed E-state index contributed by atoms with van der Waals surface area (Å²) < 4.78 is 62.8. The highest BCUT2D eigenvalue weighted by Gasteiger charge is 2.34. The van der Waals surface area contributed by atoms with Crippen molar-refractivity contribution in [2.75, 3.05) is 12.8 Å². The minimum Gasteiger partial charge on any atom is -0.224 e. The van der Waals surface area contributed by atoms with Crippen molar-refractivity contribution >= 4 is 19.9 Å². The van der Waals surface area contributed by atoms with Gasteiger partial charge in [0, 0.05) is 12.8 Å². The van der Waals surface area contributed by atoms with Crippen LogP contribution in [0.3, 0.4) is 0 Å². The second kappa shape index (κ2) is 5.09. The quantitative estimate of drug-likeness (QED) is 0.825. The van der Waals surface area contributed by atoms with Gasteiger partial charge in [-0.3, -0.25) is 0 Å². The van der Waals surface area contributed by atoms with Crippen molar-refractivity contribution in [2.45, 2.75) is 23.1 Å². The maximum atomic E-state index is 13.7. The van der Waals surface area contributed by atoms with Crippen LogP contribution in [-0.4, -0.2) is 29.6 Å². The number of rotatable bonds is 5. The molecule has 0 aromatic heterocycles. The summed E-state index contributed by atoms with van der Waals surface area (Å²) >= 11 is 0. The average molecular weight is 321 g/mol. The average Bonchev–Trinajstić information content (AvgIpc) is 3.02. The van der Waals surface area contributed by atoms with E-state index in [0.717, 1.165) is 30.9 Å². The standard InChI is InChI=1S/C12H16FNO4S2/c1-8-5-9(8)7-14-20(17,18)12-6-10(19(2,15)16)3-4-11(12)13/h3-4,6,8-9,14H,5,7H2,1-2H3. The number of hydrogen-bond donors (Lipinski definition) is 1. The van der Waals surface area contributed by atoms with Gasteiger partial charge in [-0.25, -0.2) is 25.9 Å². The second-order valence-electron chi connectivity index (χ2n) is 5.19. The molecule has 1 saturated carbocycles. The van der Waals surface area contributed by atoms with E-state index in [1.165, 1.54) is 0 Å². The first-order valence-corrected chi connectivity index (χ1v) is 9.48. The molecule has 1 fully saturated rings. The van der Waals surface area contributed by atoms with Crippen molar-refractivity contribution in [1.29, 1.82) is 0 Å². The number of sulfonamides is 1. The zero-order valence-electron chi connectivity index (χ0n) is 11.1. The molecule has 1 aromatic rings. The molecule has 0 heterocycles. The Hall–Kier alpha value is -0.990. The molecular formula is C12H16FNO4S2. The van der Waals surface area contributed by atoms with Crippen LogP contribution in [0.5, 0.6) is 0 Å². The third-order valence-corrected chi connectivity index (χ3v) is 5.98. The molecule has 1 N–H and O–H groups in total. The van der Waals surface area contributed by atoms with E-state index in [9.17, 15) is 21.2 Å². The number of sulfone groups is 1. The van der Waals surface area contributed by atoms with Gasteiger partial charge in [0.15, 0.2) is 9.84 Å². The largest absolute Gasteiger partial charge is 0.243 e. The smallest absolute Gasteiger partial charge is 0.224 e. The molecule has 20 heavy (non-hydrogen) atoms. The lowest BCUT2D eigenvalue weighted by molar-refractivity contribution is 0.551. The molecule has 8 heteroatoms. The molecule has 1 aliphatic rings. The Kier molecular flexibility index (Phi) is 3.92. The van der Waals surface area contributed by atoms with Crippen LogP contribution in [0, 0.1) is 17.7 Å². The summed E-state index contributed by atoms with van der Waals surface area (Å²) in [5.41, 5.74) is 0. The summed E-state index contributed by atoms with van der Waals surface area (Å²) in [6, 6.07) is 2.75. The summed E-state index contributed by atoms with van der Waals surface area (Å²) in [5.74, 6) is -0.232. The first-order chi connectivity index (χ1) is 9.11. The van der Waals surface area contributed by atoms with E-state index in [1.54, 1.807) is 0 Å². The maximum Gasteiger partial charge on any atom is 0.243 e. The van der Waals surface area contributed by atoms with Crippen LogP contribution in [0.1, 0.15) is 13.3 Å². The van der Waals surface area contributed by atoms with Crippen LogP contribution in [0.4, 0.5) is 4.39 Å². The third-order valence-electron chi connectivity index (χ3n) is 3.43. The van der Waals surface area contributed by atoms with Gasteiger partial charge in [-0.15, -0.1) is 0 Å². The van der Waals surface area contributed by atoms with Gasteiger partial charge in [0.2, 0.25) is 10.0 Å². The predicted molar refractivity (Wildman–Crippen MR) is 72.0 cm³/mol. The topological polar surface area (TPSA) is 80.3 Å². The highest BCUT2D eigenvalue weighted by atomic mass is 32.2. The van der Waals surface area contributed by atoms with Crippen molar-refractivity contribution in [2.24, 2.45) is 11.8 Å². The number of nitrogens with one attached hydrogen (secondary N) is 1. The molecule has 5 nitrogen and oxygen atoms in total. The highest BCUT2D eigenvalue weighted by Crippen LogP contribution is 2.37. The molecule has 2 unspecified atom stereocenters. The van der Waals surface area contributed by atoms with E-state index in [-0.39, 0.29) is 17.4 Å². The zero-order chi connectivity index (χ0) is 15.1. The Morgan fingerprint density at radius 3 is 2.40 bits per heavy atom. The summed E-state index contributed by atoms with van der Waals surface area (Å²) in [7, 11) is -7.63. The normalized spacial score (nSPS) is 22.8. The molecule has 0 saturated heterocycles. The van der Waals surface area contributed by atoms with E-state index in [4.69, 9.17) is 0 Å². The van der Waals surface area contributed by atoms with Gasteiger partial charge in [-0.2, -0.15) is 0 Å². The van der Waals surface area contributed by atoms with Crippen LogP contribution in [-0.2, 0) is 19.9 Å². The molecule has 0 radical (unpaired) electrons. The third kappa shape index (κ3) is 3.36. The molecule has 0 bridgehead atoms. The SMILES string of the molecule is CC1CC1CNS(=O)(=O)c1cc(S(C)(=O)=O)ccc1F. The molecule has 1 aromatic carbocycles. The van der Waals surface area contributed by atoms with Gasteiger partial charge in [0.05, 0.1) is 4.90 Å². The number of halogens is 1. The van der Waals surface area contributed by atoms with Gasteiger partial charge in [0.1, 0.15) is 10.7 Å². The fourth-order valence-corrected chi connectivity index (χ4v) is 3.82. The van der Waals surface area contributed by atoms with Crippen LogP contribution in [0.2, 0.25) is 0 Å². The Balaban J connectivity index is 2.30. The minimum absolute atomic E-state index is 0.223. The van der Waals surface area contributed by atoms with E-state index in [0.29, 0.717) is 5.92 Å². The molecule has 2 rings (SSSR count). The van der Waals surface area contributed by atoms with Crippen molar-refractivity contribution in [3.63, 3.8) is 0 Å². The van der Waals surface area contributed by atoms with E-state index < -0.39 is 30.6 Å². The summed E-state index contributed by atoms with van der Waals surface area (Å²) in [6.07, 6.45) is 1.88. The highest BCUT2D eigenvalue weighted by molar-refractivity contribution is 7.91. The summed E-state index contributed by atoms with van der Waals surface area (Å²) in [5, 5.41) is 0. The Morgan fingerprint density at radius 2 is 1.90 bits per heavy atom. The lowest BCUT2D eigenvalue weighted by atomic mass is 10.3. The molecule has 2 atom stereocenters. The van der Waals surface area contributed by atoms with Gasteiger partial charge in [-0.1, -0.05) is 6.92 Å². The lowest BCUT2D eigenvalue weighted by Gasteiger charge is -2.08. The maximum absolute atomic E-state index is 13.7. The molecule has 112 valence electrons. The molecule has 1 aliphatic carbocycles. The fraction of sp³-hybridized carbons (Fsp3) is 0.500. The monoisotopic (exact) mass is 321 g/mol. The van der Waals surface area contributed by atoms with Crippen molar-refractivity contribution < 1.29 is 21.2 Å². The molecular weight excluding hydrogens is 305 g/mol. The van der Waals surface area contributed by atoms with Gasteiger partial charge in [0.25, 0.3) is 0 Å². The number of benzene rings is 1. The molecule has 0 amide bonds. The fourth-order valence-electron chi connectivity index (χ4n) is 1.90. The van der Waals surface area contributed by atoms with Crippen LogP contribution < -0.4 is 4.72 Å². The van der Waals surface area contributed by atoms with Crippen molar-refractivity contribution in [1.82, 2.24) is 4.72 Å². The van der Waals surface area contributed by atoms with E-state index >= 15 is 0 Å². The Morgan fingerprint density at radius 1 is 1.30 bits per heavy atom. The minimum atomic E-state index is -4.04. The van der Waals surface area contributed by atoms with E-state index in [2.05, 4.69) is 4.72 Å². The number of hydrogen-bond acceptors (Lipinski definition) is 4. The van der Waals surface area contributed by atoms with Crippen molar-refractivity contribution in [3.8, 4) is 0 Å². The van der Waals surface area contributed by atoms with E-state index in [1.807, 2.05) is 6.92 Å². The first-order valence-electron chi connectivity index (χ1n) is 6.10. The Bertz CT molecular complexity index is 728. The first kappa shape index (κ1) is 15.4. The lowest BCUT2D eigenvalue weighted by Crippen LogP contribution is -2.27. The van der Waals surface area contributed by atoms with Gasteiger partial charge in [-0.05, 0) is 36.5 Å². The zero-order valence-corrected chi connectivity index (χ0v) is 12.8. The predicted octanol–water partition coefficient (Wildman–Crippen LogP) is 1.16. The Labute approximate surface area is 118 Å². The van der Waals surface area contributed by atoms with Crippen LogP contribution in [0.25, 0.3) is 0 Å². The van der Waals surface area contributed by atoms with Crippen LogP contribution >= 0.6 is 0 Å².